The number of fused-ring (bicyclic) bond motifs is 1. The number of carbonyl (C=O) groups is 1. The van der Waals surface area contributed by atoms with Gasteiger partial charge in [-0.05, 0) is 24.6 Å². The van der Waals surface area contributed by atoms with Crippen molar-refractivity contribution < 1.29 is 4.79 Å². The summed E-state index contributed by atoms with van der Waals surface area (Å²) in [6, 6.07) is 8.25. The molecule has 4 nitrogen and oxygen atoms in total. The molecule has 0 fully saturated rings. The van der Waals surface area contributed by atoms with Gasteiger partial charge in [0.05, 0.1) is 6.04 Å². The lowest BCUT2D eigenvalue weighted by Crippen LogP contribution is -2.41. The van der Waals surface area contributed by atoms with Gasteiger partial charge in [0.15, 0.2) is 0 Å². The van der Waals surface area contributed by atoms with Crippen LogP contribution in [0.3, 0.4) is 0 Å². The predicted molar refractivity (Wildman–Crippen MR) is 67.2 cm³/mol. The number of primary amides is 1. The molecule has 4 heteroatoms. The van der Waals surface area contributed by atoms with E-state index in [1.165, 1.54) is 11.1 Å². The van der Waals surface area contributed by atoms with Gasteiger partial charge >= 0.3 is 0 Å². The van der Waals surface area contributed by atoms with Crippen molar-refractivity contribution in [3.63, 3.8) is 0 Å². The lowest BCUT2D eigenvalue weighted by molar-refractivity contribution is -0.120. The summed E-state index contributed by atoms with van der Waals surface area (Å²) in [4.78, 5) is 13.4. The zero-order chi connectivity index (χ0) is 12.3. The van der Waals surface area contributed by atoms with Gasteiger partial charge in [0.25, 0.3) is 0 Å². The van der Waals surface area contributed by atoms with Crippen molar-refractivity contribution >= 4 is 5.91 Å². The molecule has 1 amide bonds. The van der Waals surface area contributed by atoms with Gasteiger partial charge in [-0.2, -0.15) is 0 Å². The molecule has 0 aromatic heterocycles. The van der Waals surface area contributed by atoms with E-state index in [9.17, 15) is 4.79 Å². The molecule has 17 heavy (non-hydrogen) atoms. The van der Waals surface area contributed by atoms with Gasteiger partial charge in [-0.1, -0.05) is 24.3 Å². The first-order chi connectivity index (χ1) is 8.20. The van der Waals surface area contributed by atoms with Crippen LogP contribution in [0.5, 0.6) is 0 Å². The number of hydrogen-bond acceptors (Lipinski definition) is 3. The lowest BCUT2D eigenvalue weighted by Gasteiger charge is -2.18. The molecule has 0 radical (unpaired) electrons. The fourth-order valence-electron chi connectivity index (χ4n) is 2.30. The van der Waals surface area contributed by atoms with E-state index in [4.69, 9.17) is 5.73 Å². The van der Waals surface area contributed by atoms with Gasteiger partial charge in [-0.25, -0.2) is 0 Å². The lowest BCUT2D eigenvalue weighted by atomic mass is 10.1. The Morgan fingerprint density at radius 3 is 2.47 bits per heavy atom. The molecule has 0 bridgehead atoms. The molecular weight excluding hydrogens is 214 g/mol. The third-order valence-corrected chi connectivity index (χ3v) is 3.33. The molecule has 92 valence electrons. The fraction of sp³-hybridized carbons (Fsp3) is 0.462. The highest BCUT2D eigenvalue weighted by Gasteiger charge is 2.20. The summed E-state index contributed by atoms with van der Waals surface area (Å²) in [6.45, 7) is 2.85. The van der Waals surface area contributed by atoms with Crippen LogP contribution in [0.25, 0.3) is 0 Å². The summed E-state index contributed by atoms with van der Waals surface area (Å²) in [5, 5.41) is 2.95. The first-order valence-corrected chi connectivity index (χ1v) is 5.96. The quantitative estimate of drug-likeness (QED) is 0.777. The summed E-state index contributed by atoms with van der Waals surface area (Å²) in [7, 11) is 1.77. The van der Waals surface area contributed by atoms with Crippen molar-refractivity contribution in [1.29, 1.82) is 0 Å². The molecule has 1 aliphatic rings. The third kappa shape index (κ3) is 2.84. The molecular formula is C13H19N3O. The van der Waals surface area contributed by atoms with Gasteiger partial charge in [0, 0.05) is 19.6 Å². The average Bonchev–Trinajstić information content (AvgIpc) is 2.71. The second kappa shape index (κ2) is 5.29. The summed E-state index contributed by atoms with van der Waals surface area (Å²) in [5.74, 6) is -0.274. The molecule has 1 atom stereocenters. The molecule has 3 N–H and O–H groups in total. The van der Waals surface area contributed by atoms with Gasteiger partial charge < -0.3 is 11.1 Å². The first-order valence-electron chi connectivity index (χ1n) is 5.96. The minimum absolute atomic E-state index is 0.223. The maximum absolute atomic E-state index is 11.1. The molecule has 0 saturated heterocycles. The molecule has 0 saturated carbocycles. The normalized spacial score (nSPS) is 16.8. The van der Waals surface area contributed by atoms with E-state index >= 15 is 0 Å². The van der Waals surface area contributed by atoms with Crippen LogP contribution in [0.15, 0.2) is 24.3 Å². The molecule has 2 rings (SSSR count). The van der Waals surface area contributed by atoms with Gasteiger partial charge in [-0.15, -0.1) is 0 Å². The zero-order valence-electron chi connectivity index (χ0n) is 10.1. The van der Waals surface area contributed by atoms with Crippen molar-refractivity contribution in [1.82, 2.24) is 10.2 Å². The molecule has 0 aliphatic carbocycles. The van der Waals surface area contributed by atoms with Crippen LogP contribution in [0, 0.1) is 0 Å². The van der Waals surface area contributed by atoms with E-state index < -0.39 is 0 Å². The fourth-order valence-corrected chi connectivity index (χ4v) is 2.30. The smallest absolute Gasteiger partial charge is 0.234 e. The van der Waals surface area contributed by atoms with E-state index in [1.807, 2.05) is 0 Å². The largest absolute Gasteiger partial charge is 0.368 e. The minimum Gasteiger partial charge on any atom is -0.368 e. The van der Waals surface area contributed by atoms with Crippen LogP contribution in [-0.4, -0.2) is 30.4 Å². The Morgan fingerprint density at radius 2 is 2.00 bits per heavy atom. The topological polar surface area (TPSA) is 58.4 Å². The number of nitrogens with one attached hydrogen (secondary N) is 1. The van der Waals surface area contributed by atoms with Crippen molar-refractivity contribution in [2.75, 3.05) is 13.6 Å². The van der Waals surface area contributed by atoms with Crippen LogP contribution in [0.1, 0.15) is 17.5 Å². The number of carbonyl (C=O) groups excluding carboxylic acids is 1. The number of amides is 1. The molecule has 1 aliphatic heterocycles. The maximum Gasteiger partial charge on any atom is 0.234 e. The van der Waals surface area contributed by atoms with E-state index in [0.29, 0.717) is 0 Å². The number of hydrogen-bond donors (Lipinski definition) is 2. The molecule has 1 aromatic carbocycles. The zero-order valence-corrected chi connectivity index (χ0v) is 10.1. The second-order valence-corrected chi connectivity index (χ2v) is 4.51. The number of rotatable bonds is 5. The maximum atomic E-state index is 11.1. The number of nitrogens with two attached hydrogens (primary N) is 1. The monoisotopic (exact) mass is 233 g/mol. The third-order valence-electron chi connectivity index (χ3n) is 3.33. The van der Waals surface area contributed by atoms with Crippen LogP contribution >= 0.6 is 0 Å². The Morgan fingerprint density at radius 1 is 1.41 bits per heavy atom. The standard InChI is InChI=1S/C13H19N3O/c1-15-12(13(14)17)6-7-16-8-10-4-2-3-5-11(10)9-16/h2-5,12,15H,6-9H2,1H3,(H2,14,17). The van der Waals surface area contributed by atoms with Crippen LogP contribution in [0.4, 0.5) is 0 Å². The predicted octanol–water partition coefficient (Wildman–Crippen LogP) is 0.466. The summed E-state index contributed by atoms with van der Waals surface area (Å²) in [6.07, 6.45) is 0.764. The van der Waals surface area contributed by atoms with Gasteiger partial charge in [0.1, 0.15) is 0 Å². The average molecular weight is 233 g/mol. The van der Waals surface area contributed by atoms with E-state index in [1.54, 1.807) is 7.05 Å². The summed E-state index contributed by atoms with van der Waals surface area (Å²) >= 11 is 0. The van der Waals surface area contributed by atoms with E-state index in [0.717, 1.165) is 26.1 Å². The van der Waals surface area contributed by atoms with Crippen molar-refractivity contribution in [3.05, 3.63) is 35.4 Å². The highest BCUT2D eigenvalue weighted by molar-refractivity contribution is 5.79. The highest BCUT2D eigenvalue weighted by atomic mass is 16.1. The SMILES string of the molecule is CNC(CCN1Cc2ccccc2C1)C(N)=O. The van der Waals surface area contributed by atoms with Gasteiger partial charge in [-0.3, -0.25) is 9.69 Å². The molecule has 1 aromatic rings. The van der Waals surface area contributed by atoms with E-state index in [-0.39, 0.29) is 11.9 Å². The van der Waals surface area contributed by atoms with Crippen LogP contribution in [-0.2, 0) is 17.9 Å². The highest BCUT2D eigenvalue weighted by Crippen LogP contribution is 2.22. The molecule has 0 spiro atoms. The number of benzene rings is 1. The second-order valence-electron chi connectivity index (χ2n) is 4.51. The van der Waals surface area contributed by atoms with Crippen molar-refractivity contribution in [3.8, 4) is 0 Å². The summed E-state index contributed by atoms with van der Waals surface area (Å²) < 4.78 is 0. The number of likely N-dealkylation sites (N-methyl/N-ethyl adjacent to an activating group) is 1. The van der Waals surface area contributed by atoms with Gasteiger partial charge in [0.2, 0.25) is 5.91 Å². The Hall–Kier alpha value is -1.39. The van der Waals surface area contributed by atoms with Crippen molar-refractivity contribution in [2.45, 2.75) is 25.6 Å². The van der Waals surface area contributed by atoms with Crippen molar-refractivity contribution in [2.24, 2.45) is 5.73 Å². The summed E-state index contributed by atoms with van der Waals surface area (Å²) in [5.41, 5.74) is 8.09. The Labute approximate surface area is 102 Å². The minimum atomic E-state index is -0.274. The number of nitrogens with zero attached hydrogens (tertiary/aromatic N) is 1. The molecule has 1 unspecified atom stereocenters. The van der Waals surface area contributed by atoms with Crippen LogP contribution in [0.2, 0.25) is 0 Å². The van der Waals surface area contributed by atoms with E-state index in [2.05, 4.69) is 34.5 Å². The Kier molecular flexibility index (Phi) is 3.76. The Bertz CT molecular complexity index is 380. The molecule has 1 heterocycles. The van der Waals surface area contributed by atoms with Crippen LogP contribution < -0.4 is 11.1 Å². The Balaban J connectivity index is 1.86. The first kappa shape index (κ1) is 12.1.